The average Bonchev–Trinajstić information content (AvgIpc) is 2.88. The van der Waals surface area contributed by atoms with Crippen LogP contribution in [0.4, 0.5) is 0 Å². The van der Waals surface area contributed by atoms with E-state index in [1.807, 2.05) is 11.8 Å². The molecular weight excluding hydrogens is 258 g/mol. The van der Waals surface area contributed by atoms with Gasteiger partial charge in [-0.15, -0.1) is 4.37 Å². The first kappa shape index (κ1) is 13.1. The Labute approximate surface area is 109 Å². The first-order chi connectivity index (χ1) is 8.34. The molecule has 2 rings (SSSR count). The van der Waals surface area contributed by atoms with Crippen molar-refractivity contribution in [1.82, 2.24) is 14.1 Å². The Bertz CT molecular complexity index is 305. The van der Waals surface area contributed by atoms with Gasteiger partial charge in [-0.2, -0.15) is 16.1 Å². The van der Waals surface area contributed by atoms with E-state index in [4.69, 9.17) is 4.74 Å². The summed E-state index contributed by atoms with van der Waals surface area (Å²) < 4.78 is 13.0. The third-order valence-electron chi connectivity index (χ3n) is 2.63. The molecule has 96 valence electrons. The van der Waals surface area contributed by atoms with Crippen LogP contribution in [0.3, 0.4) is 0 Å². The highest BCUT2D eigenvalue weighted by atomic mass is 32.2. The Balaban J connectivity index is 1.58. The number of hydrogen-bond donors (Lipinski definition) is 2. The van der Waals surface area contributed by atoms with Crippen LogP contribution in [-0.2, 0) is 0 Å². The third-order valence-corrected chi connectivity index (χ3v) is 4.14. The molecule has 0 amide bonds. The van der Waals surface area contributed by atoms with Gasteiger partial charge in [0.1, 0.15) is 18.9 Å². The molecule has 1 atom stereocenters. The van der Waals surface area contributed by atoms with Gasteiger partial charge in [0, 0.05) is 12.6 Å². The van der Waals surface area contributed by atoms with Gasteiger partial charge in [0.25, 0.3) is 0 Å². The standard InChI is InChI=1S/C10H17N3O2S2/c14-9(7-15-10-6-12-17-13-10)5-11-8-1-3-16-4-2-8/h6,8-9,11,14H,1-5,7H2. The lowest BCUT2D eigenvalue weighted by atomic mass is 10.1. The van der Waals surface area contributed by atoms with Gasteiger partial charge in [-0.05, 0) is 24.3 Å². The summed E-state index contributed by atoms with van der Waals surface area (Å²) in [6, 6.07) is 0.548. The predicted octanol–water partition coefficient (Wildman–Crippen LogP) is 0.763. The van der Waals surface area contributed by atoms with E-state index in [2.05, 4.69) is 14.1 Å². The van der Waals surface area contributed by atoms with Crippen molar-refractivity contribution in [3.63, 3.8) is 0 Å². The summed E-state index contributed by atoms with van der Waals surface area (Å²) in [5.74, 6) is 2.92. The van der Waals surface area contributed by atoms with Crippen molar-refractivity contribution < 1.29 is 9.84 Å². The number of nitrogens with zero attached hydrogens (tertiary/aromatic N) is 2. The Morgan fingerprint density at radius 3 is 3.06 bits per heavy atom. The smallest absolute Gasteiger partial charge is 0.245 e. The molecule has 0 radical (unpaired) electrons. The average molecular weight is 275 g/mol. The summed E-state index contributed by atoms with van der Waals surface area (Å²) in [6.45, 7) is 0.840. The molecule has 1 aromatic rings. The van der Waals surface area contributed by atoms with E-state index in [0.717, 1.165) is 11.7 Å². The van der Waals surface area contributed by atoms with Crippen LogP contribution in [0.5, 0.6) is 5.88 Å². The van der Waals surface area contributed by atoms with Crippen LogP contribution in [0.1, 0.15) is 12.8 Å². The Morgan fingerprint density at radius 1 is 1.53 bits per heavy atom. The Hall–Kier alpha value is -0.370. The lowest BCUT2D eigenvalue weighted by Gasteiger charge is -2.23. The van der Waals surface area contributed by atoms with Crippen molar-refractivity contribution in [1.29, 1.82) is 0 Å². The maximum atomic E-state index is 9.74. The van der Waals surface area contributed by atoms with E-state index in [-0.39, 0.29) is 6.61 Å². The molecule has 1 fully saturated rings. The van der Waals surface area contributed by atoms with Crippen molar-refractivity contribution in [3.05, 3.63) is 6.20 Å². The third kappa shape index (κ3) is 4.79. The summed E-state index contributed by atoms with van der Waals surface area (Å²) in [7, 11) is 0. The number of aliphatic hydroxyl groups excluding tert-OH is 1. The first-order valence-electron chi connectivity index (χ1n) is 5.74. The molecule has 0 bridgehead atoms. The summed E-state index contributed by atoms with van der Waals surface area (Å²) in [4.78, 5) is 0. The van der Waals surface area contributed by atoms with E-state index >= 15 is 0 Å². The molecule has 1 saturated heterocycles. The zero-order valence-corrected chi connectivity index (χ0v) is 11.2. The van der Waals surface area contributed by atoms with E-state index in [0.29, 0.717) is 18.5 Å². The molecule has 7 heteroatoms. The molecule has 1 aromatic heterocycles. The molecule has 0 spiro atoms. The van der Waals surface area contributed by atoms with Gasteiger partial charge in [0.05, 0.1) is 11.7 Å². The van der Waals surface area contributed by atoms with Crippen molar-refractivity contribution in [2.75, 3.05) is 24.7 Å². The molecule has 0 aliphatic carbocycles. The number of nitrogens with one attached hydrogen (secondary N) is 1. The lowest BCUT2D eigenvalue weighted by molar-refractivity contribution is 0.101. The lowest BCUT2D eigenvalue weighted by Crippen LogP contribution is -2.39. The van der Waals surface area contributed by atoms with Crippen LogP contribution in [0.2, 0.25) is 0 Å². The van der Waals surface area contributed by atoms with Crippen LogP contribution >= 0.6 is 23.5 Å². The van der Waals surface area contributed by atoms with Crippen molar-refractivity contribution >= 4 is 23.5 Å². The largest absolute Gasteiger partial charge is 0.473 e. The maximum Gasteiger partial charge on any atom is 0.245 e. The minimum Gasteiger partial charge on any atom is -0.473 e. The van der Waals surface area contributed by atoms with E-state index in [9.17, 15) is 5.11 Å². The van der Waals surface area contributed by atoms with Gasteiger partial charge in [0.15, 0.2) is 0 Å². The summed E-state index contributed by atoms with van der Waals surface area (Å²) in [5.41, 5.74) is 0. The maximum absolute atomic E-state index is 9.74. The van der Waals surface area contributed by atoms with E-state index in [1.165, 1.54) is 24.3 Å². The van der Waals surface area contributed by atoms with Crippen LogP contribution in [-0.4, -0.2) is 50.7 Å². The predicted molar refractivity (Wildman–Crippen MR) is 69.8 cm³/mol. The quantitative estimate of drug-likeness (QED) is 0.799. The number of ether oxygens (including phenoxy) is 1. The molecule has 5 nitrogen and oxygen atoms in total. The minimum absolute atomic E-state index is 0.264. The summed E-state index contributed by atoms with van der Waals surface area (Å²) in [5, 5.41) is 13.1. The highest BCUT2D eigenvalue weighted by molar-refractivity contribution is 7.99. The van der Waals surface area contributed by atoms with Crippen LogP contribution in [0.15, 0.2) is 6.20 Å². The van der Waals surface area contributed by atoms with E-state index in [1.54, 1.807) is 6.20 Å². The van der Waals surface area contributed by atoms with Gasteiger partial charge in [-0.3, -0.25) is 0 Å². The molecule has 2 N–H and O–H groups in total. The van der Waals surface area contributed by atoms with Crippen molar-refractivity contribution in [2.45, 2.75) is 25.0 Å². The van der Waals surface area contributed by atoms with Crippen LogP contribution in [0, 0.1) is 0 Å². The van der Waals surface area contributed by atoms with Crippen LogP contribution in [0.25, 0.3) is 0 Å². The molecule has 0 saturated carbocycles. The second-order valence-corrected chi connectivity index (χ2v) is 5.79. The Kier molecular flexibility index (Phi) is 5.50. The highest BCUT2D eigenvalue weighted by Gasteiger charge is 2.14. The number of aliphatic hydroxyl groups is 1. The second-order valence-electron chi connectivity index (χ2n) is 4.01. The Morgan fingerprint density at radius 2 is 2.35 bits per heavy atom. The molecular formula is C10H17N3O2S2. The van der Waals surface area contributed by atoms with Gasteiger partial charge >= 0.3 is 0 Å². The number of hydrogen-bond acceptors (Lipinski definition) is 7. The molecule has 1 aliphatic heterocycles. The minimum atomic E-state index is -0.494. The zero-order valence-electron chi connectivity index (χ0n) is 9.54. The molecule has 1 aliphatic rings. The fourth-order valence-electron chi connectivity index (χ4n) is 1.66. The van der Waals surface area contributed by atoms with Gasteiger partial charge in [-0.1, -0.05) is 0 Å². The fourth-order valence-corrected chi connectivity index (χ4v) is 3.14. The van der Waals surface area contributed by atoms with Gasteiger partial charge < -0.3 is 15.2 Å². The fraction of sp³-hybridized carbons (Fsp3) is 0.800. The zero-order chi connectivity index (χ0) is 11.9. The van der Waals surface area contributed by atoms with Gasteiger partial charge in [-0.25, -0.2) is 0 Å². The number of thioether (sulfide) groups is 1. The summed E-state index contributed by atoms with van der Waals surface area (Å²) >= 11 is 3.10. The van der Waals surface area contributed by atoms with E-state index < -0.39 is 6.10 Å². The van der Waals surface area contributed by atoms with Crippen molar-refractivity contribution in [3.8, 4) is 5.88 Å². The number of aromatic nitrogens is 2. The first-order valence-corrected chi connectivity index (χ1v) is 7.62. The molecule has 1 unspecified atom stereocenters. The van der Waals surface area contributed by atoms with Gasteiger partial charge in [0.2, 0.25) is 5.88 Å². The van der Waals surface area contributed by atoms with Crippen LogP contribution < -0.4 is 10.1 Å². The summed E-state index contributed by atoms with van der Waals surface area (Å²) in [6.07, 6.45) is 3.44. The highest BCUT2D eigenvalue weighted by Crippen LogP contribution is 2.16. The molecule has 0 aromatic carbocycles. The monoisotopic (exact) mass is 275 g/mol. The normalized spacial score (nSPS) is 19.1. The number of rotatable bonds is 6. The van der Waals surface area contributed by atoms with Crippen molar-refractivity contribution in [2.24, 2.45) is 0 Å². The topological polar surface area (TPSA) is 67.3 Å². The SMILES string of the molecule is OC(CNC1CCSCC1)COc1cnsn1. The molecule has 17 heavy (non-hydrogen) atoms. The second kappa shape index (κ2) is 7.15. The molecule has 2 heterocycles.